The third kappa shape index (κ3) is 4.14. The summed E-state index contributed by atoms with van der Waals surface area (Å²) in [5.74, 6) is -1.36. The molecule has 1 heterocycles. The Morgan fingerprint density at radius 2 is 1.76 bits per heavy atom. The van der Waals surface area contributed by atoms with Crippen LogP contribution >= 0.6 is 23.2 Å². The first kappa shape index (κ1) is 18.2. The molecule has 1 aliphatic heterocycles. The van der Waals surface area contributed by atoms with Crippen molar-refractivity contribution in [1.29, 1.82) is 0 Å². The summed E-state index contributed by atoms with van der Waals surface area (Å²) in [4.78, 5) is 13.4. The molecule has 2 aromatic rings. The second kappa shape index (κ2) is 7.73. The standard InChI is InChI=1S/C19H18Cl2FNO2/c20-14-3-6-16(17(21)11-14)18(12-1-4-15(22)5-2-12)23-9-7-13(8-10-23)19(24)25/h1-6,11,13,18H,7-10H2,(H,24,25). The van der Waals surface area contributed by atoms with Crippen LogP contribution < -0.4 is 0 Å². The molecule has 2 aromatic carbocycles. The van der Waals surface area contributed by atoms with Gasteiger partial charge in [-0.05, 0) is 61.3 Å². The highest BCUT2D eigenvalue weighted by Gasteiger charge is 2.31. The van der Waals surface area contributed by atoms with Crippen LogP contribution in [0.5, 0.6) is 0 Å². The molecule has 0 saturated carbocycles. The molecule has 0 radical (unpaired) electrons. The monoisotopic (exact) mass is 381 g/mol. The maximum absolute atomic E-state index is 13.3. The fourth-order valence-electron chi connectivity index (χ4n) is 3.36. The lowest BCUT2D eigenvalue weighted by atomic mass is 9.91. The van der Waals surface area contributed by atoms with E-state index in [1.165, 1.54) is 12.1 Å². The average molecular weight is 382 g/mol. The van der Waals surface area contributed by atoms with E-state index < -0.39 is 5.97 Å². The minimum atomic E-state index is -0.748. The number of carbonyl (C=O) groups is 1. The van der Waals surface area contributed by atoms with E-state index in [0.29, 0.717) is 36.0 Å². The Labute approximate surface area is 156 Å². The number of hydrogen-bond acceptors (Lipinski definition) is 2. The van der Waals surface area contributed by atoms with Crippen molar-refractivity contribution in [2.24, 2.45) is 5.92 Å². The number of rotatable bonds is 4. The molecule has 1 N–H and O–H groups in total. The Morgan fingerprint density at radius 3 is 2.32 bits per heavy atom. The second-order valence-electron chi connectivity index (χ2n) is 6.27. The van der Waals surface area contributed by atoms with Crippen molar-refractivity contribution in [2.75, 3.05) is 13.1 Å². The molecule has 0 aliphatic carbocycles. The number of aliphatic carboxylic acids is 1. The topological polar surface area (TPSA) is 40.5 Å². The van der Waals surface area contributed by atoms with Crippen molar-refractivity contribution in [2.45, 2.75) is 18.9 Å². The molecule has 3 nitrogen and oxygen atoms in total. The predicted octanol–water partition coefficient (Wildman–Crippen LogP) is 5.02. The average Bonchev–Trinajstić information content (AvgIpc) is 2.59. The van der Waals surface area contributed by atoms with E-state index in [-0.39, 0.29) is 17.8 Å². The summed E-state index contributed by atoms with van der Waals surface area (Å²) in [6, 6.07) is 11.5. The number of benzene rings is 2. The van der Waals surface area contributed by atoms with Gasteiger partial charge in [-0.15, -0.1) is 0 Å². The first-order valence-corrected chi connectivity index (χ1v) is 8.88. The van der Waals surface area contributed by atoms with Gasteiger partial charge < -0.3 is 5.11 Å². The van der Waals surface area contributed by atoms with E-state index >= 15 is 0 Å². The first-order valence-electron chi connectivity index (χ1n) is 8.13. The molecule has 0 spiro atoms. The zero-order valence-corrected chi connectivity index (χ0v) is 15.0. The molecule has 132 valence electrons. The van der Waals surface area contributed by atoms with Crippen LogP contribution in [0.3, 0.4) is 0 Å². The van der Waals surface area contributed by atoms with E-state index in [4.69, 9.17) is 23.2 Å². The van der Waals surface area contributed by atoms with Crippen molar-refractivity contribution in [1.82, 2.24) is 4.90 Å². The van der Waals surface area contributed by atoms with Crippen molar-refractivity contribution in [3.63, 3.8) is 0 Å². The Balaban J connectivity index is 1.95. The SMILES string of the molecule is O=C(O)C1CCN(C(c2ccc(F)cc2)c2ccc(Cl)cc2Cl)CC1. The third-order valence-corrected chi connectivity index (χ3v) is 5.25. The van der Waals surface area contributed by atoms with E-state index in [2.05, 4.69) is 4.90 Å². The Morgan fingerprint density at radius 1 is 1.12 bits per heavy atom. The van der Waals surface area contributed by atoms with Gasteiger partial charge in [-0.3, -0.25) is 9.69 Å². The minimum absolute atomic E-state index is 0.167. The van der Waals surface area contributed by atoms with Crippen LogP contribution in [0.1, 0.15) is 30.0 Å². The van der Waals surface area contributed by atoms with Crippen LogP contribution in [0.2, 0.25) is 10.0 Å². The summed E-state index contributed by atoms with van der Waals surface area (Å²) < 4.78 is 13.3. The predicted molar refractivity (Wildman–Crippen MR) is 96.6 cm³/mol. The van der Waals surface area contributed by atoms with Gasteiger partial charge in [0.15, 0.2) is 0 Å². The molecule has 0 bridgehead atoms. The van der Waals surface area contributed by atoms with Gasteiger partial charge in [0.2, 0.25) is 0 Å². The zero-order chi connectivity index (χ0) is 18.0. The second-order valence-corrected chi connectivity index (χ2v) is 7.11. The largest absolute Gasteiger partial charge is 0.481 e. The van der Waals surface area contributed by atoms with Gasteiger partial charge in [0.1, 0.15) is 5.82 Å². The molecule has 25 heavy (non-hydrogen) atoms. The lowest BCUT2D eigenvalue weighted by Crippen LogP contribution is -2.39. The number of carboxylic acid groups (broad SMARTS) is 1. The van der Waals surface area contributed by atoms with E-state index in [1.807, 2.05) is 6.07 Å². The van der Waals surface area contributed by atoms with Crippen molar-refractivity contribution >= 4 is 29.2 Å². The number of piperidine rings is 1. The summed E-state index contributed by atoms with van der Waals surface area (Å²) in [5, 5.41) is 10.3. The van der Waals surface area contributed by atoms with Crippen LogP contribution in [0.25, 0.3) is 0 Å². The molecule has 3 rings (SSSR count). The number of halogens is 3. The lowest BCUT2D eigenvalue weighted by molar-refractivity contribution is -0.143. The molecule has 1 atom stereocenters. The number of hydrogen-bond donors (Lipinski definition) is 1. The van der Waals surface area contributed by atoms with Gasteiger partial charge in [0, 0.05) is 10.0 Å². The molecular formula is C19H18Cl2FNO2. The lowest BCUT2D eigenvalue weighted by Gasteiger charge is -2.37. The zero-order valence-electron chi connectivity index (χ0n) is 13.5. The van der Waals surface area contributed by atoms with Crippen LogP contribution in [-0.2, 0) is 4.79 Å². The van der Waals surface area contributed by atoms with Crippen molar-refractivity contribution < 1.29 is 14.3 Å². The number of likely N-dealkylation sites (tertiary alicyclic amines) is 1. The summed E-state index contributed by atoms with van der Waals surface area (Å²) in [6.45, 7) is 1.27. The number of carboxylic acids is 1. The molecular weight excluding hydrogens is 364 g/mol. The fraction of sp³-hybridized carbons (Fsp3) is 0.316. The van der Waals surface area contributed by atoms with Gasteiger partial charge in [-0.25, -0.2) is 4.39 Å². The first-order chi connectivity index (χ1) is 12.0. The summed E-state index contributed by atoms with van der Waals surface area (Å²) in [7, 11) is 0. The maximum atomic E-state index is 13.3. The van der Waals surface area contributed by atoms with Crippen molar-refractivity contribution in [3.8, 4) is 0 Å². The third-order valence-electron chi connectivity index (χ3n) is 4.69. The van der Waals surface area contributed by atoms with Crippen LogP contribution in [-0.4, -0.2) is 29.1 Å². The van der Waals surface area contributed by atoms with Gasteiger partial charge in [-0.1, -0.05) is 41.4 Å². The maximum Gasteiger partial charge on any atom is 0.306 e. The normalized spacial score (nSPS) is 17.4. The summed E-state index contributed by atoms with van der Waals surface area (Å²) in [5.41, 5.74) is 1.80. The van der Waals surface area contributed by atoms with Gasteiger partial charge in [0.05, 0.1) is 12.0 Å². The van der Waals surface area contributed by atoms with Crippen molar-refractivity contribution in [3.05, 3.63) is 69.5 Å². The highest BCUT2D eigenvalue weighted by molar-refractivity contribution is 6.35. The van der Waals surface area contributed by atoms with Crippen LogP contribution in [0, 0.1) is 11.7 Å². The Kier molecular flexibility index (Phi) is 5.62. The fourth-order valence-corrected chi connectivity index (χ4v) is 3.87. The molecule has 0 amide bonds. The molecule has 6 heteroatoms. The minimum Gasteiger partial charge on any atom is -0.481 e. The highest BCUT2D eigenvalue weighted by atomic mass is 35.5. The molecule has 1 unspecified atom stereocenters. The molecule has 1 fully saturated rings. The highest BCUT2D eigenvalue weighted by Crippen LogP contribution is 2.37. The smallest absolute Gasteiger partial charge is 0.306 e. The van der Waals surface area contributed by atoms with Crippen LogP contribution in [0.4, 0.5) is 4.39 Å². The van der Waals surface area contributed by atoms with E-state index in [9.17, 15) is 14.3 Å². The quantitative estimate of drug-likeness (QED) is 0.808. The Hall–Kier alpha value is -1.62. The number of nitrogens with zero attached hydrogens (tertiary/aromatic N) is 1. The molecule has 1 aliphatic rings. The molecule has 1 saturated heterocycles. The van der Waals surface area contributed by atoms with Gasteiger partial charge in [0.25, 0.3) is 0 Å². The van der Waals surface area contributed by atoms with E-state index in [1.54, 1.807) is 24.3 Å². The summed E-state index contributed by atoms with van der Waals surface area (Å²) >= 11 is 12.4. The van der Waals surface area contributed by atoms with Gasteiger partial charge >= 0.3 is 5.97 Å². The summed E-state index contributed by atoms with van der Waals surface area (Å²) in [6.07, 6.45) is 1.16. The molecule has 0 aromatic heterocycles. The Bertz CT molecular complexity index is 759. The van der Waals surface area contributed by atoms with Crippen LogP contribution in [0.15, 0.2) is 42.5 Å². The van der Waals surface area contributed by atoms with E-state index in [0.717, 1.165) is 11.1 Å². The van der Waals surface area contributed by atoms with Gasteiger partial charge in [-0.2, -0.15) is 0 Å².